The van der Waals surface area contributed by atoms with Gasteiger partial charge in [0.1, 0.15) is 5.75 Å². The Bertz CT molecular complexity index is 772. The van der Waals surface area contributed by atoms with E-state index in [1.165, 1.54) is 0 Å². The third-order valence-electron chi connectivity index (χ3n) is 4.45. The molecule has 0 radical (unpaired) electrons. The van der Waals surface area contributed by atoms with Crippen molar-refractivity contribution in [3.05, 3.63) is 70.8 Å². The molecule has 0 saturated carbocycles. The van der Waals surface area contributed by atoms with Crippen LogP contribution in [-0.4, -0.2) is 50.1 Å². The maximum atomic E-state index is 12.3. The predicted octanol–water partition coefficient (Wildman–Crippen LogP) is 4.76. The minimum Gasteiger partial charge on any atom is -0.494 e. The summed E-state index contributed by atoms with van der Waals surface area (Å²) in [6.45, 7) is 5.32. The molecule has 6 heteroatoms. The second-order valence-corrected chi connectivity index (χ2v) is 6.81. The smallest absolute Gasteiger partial charge is 0.185 e. The first-order chi connectivity index (χ1) is 13.2. The summed E-state index contributed by atoms with van der Waals surface area (Å²) in [6.07, 6.45) is 4.25. The zero-order chi connectivity index (χ0) is 18.9. The summed E-state index contributed by atoms with van der Waals surface area (Å²) in [5.74, 6) is 0.720. The molecule has 3 rings (SSSR count). The Morgan fingerprint density at radius 1 is 1.11 bits per heavy atom. The zero-order valence-corrected chi connectivity index (χ0v) is 17.3. The van der Waals surface area contributed by atoms with Crippen molar-refractivity contribution in [3.63, 3.8) is 0 Å². The van der Waals surface area contributed by atoms with Crippen LogP contribution in [0.4, 0.5) is 0 Å². The van der Waals surface area contributed by atoms with Gasteiger partial charge in [0, 0.05) is 30.2 Å². The Hall–Kier alpha value is -1.85. The summed E-state index contributed by atoms with van der Waals surface area (Å²) in [5.41, 5.74) is 1.45. The SMILES string of the molecule is Cl.O=C(/C=C/c1ccccc1Cl)c1ccc(OCCCN2CCOCC2)cc1. The van der Waals surface area contributed by atoms with E-state index in [2.05, 4.69) is 4.90 Å². The highest BCUT2D eigenvalue weighted by molar-refractivity contribution is 6.32. The number of rotatable bonds is 8. The van der Waals surface area contributed by atoms with Gasteiger partial charge in [0.2, 0.25) is 0 Å². The minimum atomic E-state index is -0.0613. The summed E-state index contributed by atoms with van der Waals surface area (Å²) in [5, 5.41) is 0.627. The number of benzene rings is 2. The molecule has 2 aromatic carbocycles. The van der Waals surface area contributed by atoms with E-state index in [0.29, 0.717) is 17.2 Å². The second kappa shape index (κ2) is 11.9. The monoisotopic (exact) mass is 421 g/mol. The van der Waals surface area contributed by atoms with Gasteiger partial charge >= 0.3 is 0 Å². The second-order valence-electron chi connectivity index (χ2n) is 6.40. The molecule has 0 aliphatic carbocycles. The predicted molar refractivity (Wildman–Crippen MR) is 116 cm³/mol. The number of allylic oxidation sites excluding steroid dienone is 1. The largest absolute Gasteiger partial charge is 0.494 e. The van der Waals surface area contributed by atoms with Gasteiger partial charge in [-0.3, -0.25) is 9.69 Å². The van der Waals surface area contributed by atoms with Gasteiger partial charge < -0.3 is 9.47 Å². The first-order valence-corrected chi connectivity index (χ1v) is 9.60. The van der Waals surface area contributed by atoms with Gasteiger partial charge in [-0.25, -0.2) is 0 Å². The van der Waals surface area contributed by atoms with Crippen molar-refractivity contribution in [2.45, 2.75) is 6.42 Å². The van der Waals surface area contributed by atoms with E-state index < -0.39 is 0 Å². The van der Waals surface area contributed by atoms with Crippen LogP contribution in [0.2, 0.25) is 5.02 Å². The number of carbonyl (C=O) groups excluding carboxylic acids is 1. The van der Waals surface area contributed by atoms with Crippen LogP contribution < -0.4 is 4.74 Å². The molecule has 0 unspecified atom stereocenters. The summed E-state index contributed by atoms with van der Waals surface area (Å²) in [7, 11) is 0. The number of hydrogen-bond acceptors (Lipinski definition) is 4. The normalized spacial score (nSPS) is 14.6. The van der Waals surface area contributed by atoms with Crippen molar-refractivity contribution in [2.75, 3.05) is 39.5 Å². The van der Waals surface area contributed by atoms with Crippen molar-refractivity contribution in [2.24, 2.45) is 0 Å². The van der Waals surface area contributed by atoms with Gasteiger partial charge in [0.05, 0.1) is 19.8 Å². The molecule has 2 aromatic rings. The fourth-order valence-electron chi connectivity index (χ4n) is 2.89. The quantitative estimate of drug-likeness (QED) is 0.349. The Kier molecular flexibility index (Phi) is 9.51. The molecule has 4 nitrogen and oxygen atoms in total. The molecule has 0 spiro atoms. The molecule has 1 heterocycles. The number of halogens is 2. The third kappa shape index (κ3) is 6.95. The van der Waals surface area contributed by atoms with Crippen LogP contribution >= 0.6 is 24.0 Å². The molecule has 0 atom stereocenters. The Morgan fingerprint density at radius 3 is 2.54 bits per heavy atom. The van der Waals surface area contributed by atoms with E-state index in [1.54, 1.807) is 30.4 Å². The Labute approximate surface area is 177 Å². The maximum absolute atomic E-state index is 12.3. The molecule has 1 aliphatic heterocycles. The molecule has 28 heavy (non-hydrogen) atoms. The minimum absolute atomic E-state index is 0. The number of nitrogens with zero attached hydrogens (tertiary/aromatic N) is 1. The molecular weight excluding hydrogens is 397 g/mol. The molecule has 0 N–H and O–H groups in total. The van der Waals surface area contributed by atoms with Gasteiger partial charge in [-0.15, -0.1) is 12.4 Å². The highest BCUT2D eigenvalue weighted by Crippen LogP contribution is 2.18. The molecular formula is C22H25Cl2NO3. The van der Waals surface area contributed by atoms with Crippen LogP contribution in [-0.2, 0) is 4.74 Å². The summed E-state index contributed by atoms with van der Waals surface area (Å²) >= 11 is 6.10. The van der Waals surface area contributed by atoms with Crippen molar-refractivity contribution in [3.8, 4) is 5.75 Å². The Morgan fingerprint density at radius 2 is 1.82 bits per heavy atom. The number of hydrogen-bond donors (Lipinski definition) is 0. The van der Waals surface area contributed by atoms with Crippen LogP contribution in [0.25, 0.3) is 6.08 Å². The molecule has 1 aliphatic rings. The fourth-order valence-corrected chi connectivity index (χ4v) is 3.09. The van der Waals surface area contributed by atoms with Crippen molar-refractivity contribution >= 4 is 35.9 Å². The first kappa shape index (κ1) is 22.4. The van der Waals surface area contributed by atoms with Gasteiger partial charge in [0.15, 0.2) is 5.78 Å². The number of ketones is 1. The van der Waals surface area contributed by atoms with Gasteiger partial charge in [-0.2, -0.15) is 0 Å². The third-order valence-corrected chi connectivity index (χ3v) is 4.79. The van der Waals surface area contributed by atoms with Crippen LogP contribution in [0.5, 0.6) is 5.75 Å². The topological polar surface area (TPSA) is 38.8 Å². The average Bonchev–Trinajstić information content (AvgIpc) is 2.72. The Balaban J connectivity index is 0.00000280. The number of morpholine rings is 1. The lowest BCUT2D eigenvalue weighted by Crippen LogP contribution is -2.37. The maximum Gasteiger partial charge on any atom is 0.185 e. The fraction of sp³-hybridized carbons (Fsp3) is 0.318. The van der Waals surface area contributed by atoms with Crippen LogP contribution in [0.3, 0.4) is 0 Å². The molecule has 1 saturated heterocycles. The van der Waals surface area contributed by atoms with E-state index in [-0.39, 0.29) is 18.2 Å². The van der Waals surface area contributed by atoms with Crippen LogP contribution in [0.1, 0.15) is 22.3 Å². The van der Waals surface area contributed by atoms with E-state index in [9.17, 15) is 4.79 Å². The first-order valence-electron chi connectivity index (χ1n) is 9.22. The standard InChI is InChI=1S/C22H24ClNO3.ClH/c23-21-5-2-1-4-18(21)8-11-22(25)19-6-9-20(10-7-19)27-15-3-12-24-13-16-26-17-14-24;/h1-2,4-11H,3,12-17H2;1H/b11-8+;. The van der Waals surface area contributed by atoms with Crippen molar-refractivity contribution < 1.29 is 14.3 Å². The molecule has 0 bridgehead atoms. The molecule has 150 valence electrons. The highest BCUT2D eigenvalue weighted by Gasteiger charge is 2.09. The van der Waals surface area contributed by atoms with Crippen molar-refractivity contribution in [1.82, 2.24) is 4.90 Å². The van der Waals surface area contributed by atoms with Gasteiger partial charge in [0.25, 0.3) is 0 Å². The van der Waals surface area contributed by atoms with Gasteiger partial charge in [-0.1, -0.05) is 29.8 Å². The highest BCUT2D eigenvalue weighted by atomic mass is 35.5. The summed E-state index contributed by atoms with van der Waals surface area (Å²) in [4.78, 5) is 14.7. The van der Waals surface area contributed by atoms with E-state index in [0.717, 1.165) is 50.6 Å². The lowest BCUT2D eigenvalue weighted by atomic mass is 10.1. The molecule has 0 amide bonds. The number of carbonyl (C=O) groups is 1. The van der Waals surface area contributed by atoms with E-state index in [1.807, 2.05) is 30.3 Å². The summed E-state index contributed by atoms with van der Waals surface area (Å²) < 4.78 is 11.1. The molecule has 0 aromatic heterocycles. The van der Waals surface area contributed by atoms with Crippen molar-refractivity contribution in [1.29, 1.82) is 0 Å². The van der Waals surface area contributed by atoms with E-state index >= 15 is 0 Å². The average molecular weight is 422 g/mol. The van der Waals surface area contributed by atoms with E-state index in [4.69, 9.17) is 21.1 Å². The van der Waals surface area contributed by atoms with Gasteiger partial charge in [-0.05, 0) is 54.5 Å². The molecule has 1 fully saturated rings. The van der Waals surface area contributed by atoms with Crippen LogP contribution in [0, 0.1) is 0 Å². The zero-order valence-electron chi connectivity index (χ0n) is 15.7. The number of ether oxygens (including phenoxy) is 2. The lowest BCUT2D eigenvalue weighted by molar-refractivity contribution is 0.0358. The lowest BCUT2D eigenvalue weighted by Gasteiger charge is -2.26. The summed E-state index contributed by atoms with van der Waals surface area (Å²) in [6, 6.07) is 14.7. The van der Waals surface area contributed by atoms with Crippen LogP contribution in [0.15, 0.2) is 54.6 Å².